The van der Waals surface area contributed by atoms with E-state index in [0.29, 0.717) is 0 Å². The quantitative estimate of drug-likeness (QED) is 0.343. The van der Waals surface area contributed by atoms with Gasteiger partial charge in [-0.25, -0.2) is 38.8 Å². The molecule has 0 saturated heterocycles. The van der Waals surface area contributed by atoms with Crippen molar-refractivity contribution in [1.82, 2.24) is 0 Å². The van der Waals surface area contributed by atoms with Crippen molar-refractivity contribution in [1.29, 1.82) is 0 Å². The van der Waals surface area contributed by atoms with Gasteiger partial charge in [0.1, 0.15) is 0 Å². The Labute approximate surface area is 144 Å². The van der Waals surface area contributed by atoms with E-state index >= 15 is 0 Å². The molecule has 9 nitrogen and oxygen atoms in total. The molecule has 0 aromatic heterocycles. The lowest BCUT2D eigenvalue weighted by molar-refractivity contribution is 0.194. The lowest BCUT2D eigenvalue weighted by atomic mass is 10.5. The molecular weight excluding hydrogens is 404 g/mol. The van der Waals surface area contributed by atoms with Crippen LogP contribution in [0.3, 0.4) is 0 Å². The monoisotopic (exact) mass is 427 g/mol. The summed E-state index contributed by atoms with van der Waals surface area (Å²) in [7, 11) is -14.9. The molecule has 0 aliphatic carbocycles. The maximum Gasteiger partial charge on any atom is 0.152 e. The second kappa shape index (κ2) is 9.46. The predicted molar refractivity (Wildman–Crippen MR) is 90.5 cm³/mol. The standard InChI is InChI=1S/C11H23O9S4/c1-2-21(13,14)6-7-23(17,18)10-11-24(19,20)9-8-22(15,16)5-3-4-12/h2-11H2,1H3. The van der Waals surface area contributed by atoms with Crippen LogP contribution in [-0.2, 0) is 44.5 Å². The molecule has 0 aliphatic heterocycles. The minimum atomic E-state index is -3.92. The average Bonchev–Trinajstić information content (AvgIpc) is 2.48. The van der Waals surface area contributed by atoms with Crippen LogP contribution in [0.25, 0.3) is 0 Å². The number of sulfone groups is 4. The minimum absolute atomic E-state index is 0.108. The fourth-order valence-electron chi connectivity index (χ4n) is 1.49. The van der Waals surface area contributed by atoms with Gasteiger partial charge in [-0.2, -0.15) is 0 Å². The van der Waals surface area contributed by atoms with Crippen molar-refractivity contribution in [2.75, 3.05) is 52.6 Å². The van der Waals surface area contributed by atoms with E-state index in [4.69, 9.17) is 0 Å². The molecule has 0 unspecified atom stereocenters. The van der Waals surface area contributed by atoms with E-state index in [1.807, 2.05) is 0 Å². The summed E-state index contributed by atoms with van der Waals surface area (Å²) in [6, 6.07) is 0. The highest BCUT2D eigenvalue weighted by Gasteiger charge is 2.22. The smallest absolute Gasteiger partial charge is 0.152 e. The molecule has 0 aliphatic rings. The fourth-order valence-corrected chi connectivity index (χ4v) is 9.04. The van der Waals surface area contributed by atoms with Gasteiger partial charge in [0, 0.05) is 5.75 Å². The van der Waals surface area contributed by atoms with Gasteiger partial charge in [0.15, 0.2) is 39.3 Å². The molecule has 13 heteroatoms. The maximum atomic E-state index is 11.7. The van der Waals surface area contributed by atoms with E-state index in [9.17, 15) is 38.8 Å². The van der Waals surface area contributed by atoms with E-state index in [0.717, 1.165) is 0 Å². The van der Waals surface area contributed by atoms with E-state index in [-0.39, 0.29) is 12.2 Å². The van der Waals surface area contributed by atoms with E-state index in [2.05, 4.69) is 0 Å². The minimum Gasteiger partial charge on any atom is -0.237 e. The normalized spacial score (nSPS) is 13.9. The van der Waals surface area contributed by atoms with Gasteiger partial charge in [-0.15, -0.1) is 0 Å². The van der Waals surface area contributed by atoms with Crippen LogP contribution in [0.4, 0.5) is 0 Å². The predicted octanol–water partition coefficient (Wildman–Crippen LogP) is -1.51. The highest BCUT2D eigenvalue weighted by Crippen LogP contribution is 2.02. The van der Waals surface area contributed by atoms with Crippen molar-refractivity contribution >= 4 is 39.3 Å². The van der Waals surface area contributed by atoms with E-state index in [1.54, 1.807) is 0 Å². The van der Waals surface area contributed by atoms with Crippen molar-refractivity contribution in [2.24, 2.45) is 0 Å². The first kappa shape index (κ1) is 23.8. The number of rotatable bonds is 13. The number of hydrogen-bond acceptors (Lipinski definition) is 8. The zero-order chi connectivity index (χ0) is 19.1. The molecule has 0 heterocycles. The summed E-state index contributed by atoms with van der Waals surface area (Å²) in [5, 5.41) is 10.3. The summed E-state index contributed by atoms with van der Waals surface area (Å²) >= 11 is 0. The second-order valence-corrected chi connectivity index (χ2v) is 14.6. The first-order chi connectivity index (χ1) is 10.7. The largest absolute Gasteiger partial charge is 0.237 e. The Bertz CT molecular complexity index is 790. The van der Waals surface area contributed by atoms with Crippen LogP contribution in [-0.4, -0.2) is 86.3 Å². The van der Waals surface area contributed by atoms with Crippen molar-refractivity contribution in [3.63, 3.8) is 0 Å². The van der Waals surface area contributed by atoms with Gasteiger partial charge in [0.05, 0.1) is 46.9 Å². The summed E-state index contributed by atoms with van der Waals surface area (Å²) in [6.45, 7) is 0.796. The van der Waals surface area contributed by atoms with Crippen molar-refractivity contribution in [2.45, 2.75) is 13.3 Å². The molecule has 0 N–H and O–H groups in total. The lowest BCUT2D eigenvalue weighted by Gasteiger charge is -2.07. The molecule has 0 rings (SSSR count). The first-order valence-corrected chi connectivity index (χ1v) is 14.4. The Balaban J connectivity index is 4.57. The van der Waals surface area contributed by atoms with Gasteiger partial charge in [-0.05, 0) is 6.42 Å². The summed E-state index contributed by atoms with van der Waals surface area (Å²) < 4.78 is 92.4. The fraction of sp³-hybridized carbons (Fsp3) is 1.00. The molecule has 1 radical (unpaired) electrons. The van der Waals surface area contributed by atoms with Gasteiger partial charge in [0.25, 0.3) is 0 Å². The van der Waals surface area contributed by atoms with Crippen LogP contribution in [0, 0.1) is 0 Å². The Morgan fingerprint density at radius 3 is 1.08 bits per heavy atom. The molecule has 24 heavy (non-hydrogen) atoms. The van der Waals surface area contributed by atoms with Crippen LogP contribution in [0.5, 0.6) is 0 Å². The molecule has 0 fully saturated rings. The summed E-state index contributed by atoms with van der Waals surface area (Å²) in [4.78, 5) is 0. The topological polar surface area (TPSA) is 156 Å². The van der Waals surface area contributed by atoms with Crippen LogP contribution in [0.15, 0.2) is 0 Å². The second-order valence-electron chi connectivity index (χ2n) is 5.25. The Morgan fingerprint density at radius 2 is 0.792 bits per heavy atom. The third-order valence-electron chi connectivity index (χ3n) is 3.16. The van der Waals surface area contributed by atoms with Crippen molar-refractivity contribution in [3.05, 3.63) is 0 Å². The summed E-state index contributed by atoms with van der Waals surface area (Å²) in [5.41, 5.74) is 0. The average molecular weight is 428 g/mol. The zero-order valence-electron chi connectivity index (χ0n) is 13.4. The lowest BCUT2D eigenvalue weighted by Crippen LogP contribution is -2.27. The third-order valence-corrected chi connectivity index (χ3v) is 10.7. The van der Waals surface area contributed by atoms with Gasteiger partial charge < -0.3 is 0 Å². The van der Waals surface area contributed by atoms with Gasteiger partial charge in [0.2, 0.25) is 0 Å². The first-order valence-electron chi connectivity index (χ1n) is 7.14. The summed E-state index contributed by atoms with van der Waals surface area (Å²) in [5.74, 6) is -4.76. The highest BCUT2D eigenvalue weighted by atomic mass is 32.2. The Morgan fingerprint density at radius 1 is 0.500 bits per heavy atom. The molecular formula is C11H23O9S4. The van der Waals surface area contributed by atoms with Crippen LogP contribution in [0.2, 0.25) is 0 Å². The Hall–Kier alpha value is -0.240. The molecule has 0 saturated carbocycles. The Kier molecular flexibility index (Phi) is 9.36. The van der Waals surface area contributed by atoms with Crippen molar-refractivity contribution in [3.8, 4) is 0 Å². The maximum absolute atomic E-state index is 11.7. The molecule has 0 aromatic carbocycles. The molecule has 0 aromatic rings. The van der Waals surface area contributed by atoms with E-state index < -0.39 is 86.2 Å². The molecule has 0 bridgehead atoms. The number of hydrogen-bond donors (Lipinski definition) is 0. The molecule has 0 atom stereocenters. The van der Waals surface area contributed by atoms with Gasteiger partial charge >= 0.3 is 0 Å². The van der Waals surface area contributed by atoms with Crippen LogP contribution >= 0.6 is 0 Å². The highest BCUT2D eigenvalue weighted by molar-refractivity contribution is 7.97. The SMILES string of the molecule is CCS(=O)(=O)CCS(=O)(=O)CCS(=O)(=O)CCS(=O)(=O)CCC[O]. The van der Waals surface area contributed by atoms with Gasteiger partial charge in [-0.1, -0.05) is 6.92 Å². The van der Waals surface area contributed by atoms with Crippen LogP contribution in [0.1, 0.15) is 13.3 Å². The third kappa shape index (κ3) is 11.3. The molecule has 0 amide bonds. The molecule has 145 valence electrons. The zero-order valence-corrected chi connectivity index (χ0v) is 16.6. The van der Waals surface area contributed by atoms with Gasteiger partial charge in [-0.3, -0.25) is 0 Å². The van der Waals surface area contributed by atoms with Crippen molar-refractivity contribution < 1.29 is 38.8 Å². The van der Waals surface area contributed by atoms with Crippen LogP contribution < -0.4 is 0 Å². The molecule has 0 spiro atoms. The van der Waals surface area contributed by atoms with E-state index in [1.165, 1.54) is 6.92 Å². The summed E-state index contributed by atoms with van der Waals surface area (Å²) in [6.07, 6.45) is -0.108.